The van der Waals surface area contributed by atoms with Crippen LogP contribution in [-0.2, 0) is 4.79 Å². The number of thiocarbonyl (C=S) groups is 1. The number of hydrogen-bond acceptors (Lipinski definition) is 6. The van der Waals surface area contributed by atoms with Crippen LogP contribution in [0.4, 0.5) is 0 Å². The monoisotopic (exact) mass is 481 g/mol. The van der Waals surface area contributed by atoms with Gasteiger partial charge in [0.05, 0.1) is 10.5 Å². The number of benzene rings is 1. The summed E-state index contributed by atoms with van der Waals surface area (Å²) in [7, 11) is 0. The molecule has 2 aromatic heterocycles. The third kappa shape index (κ3) is 4.67. The average molecular weight is 482 g/mol. The van der Waals surface area contributed by atoms with E-state index < -0.39 is 0 Å². The van der Waals surface area contributed by atoms with E-state index in [0.29, 0.717) is 32.0 Å². The van der Waals surface area contributed by atoms with Gasteiger partial charge in [0.2, 0.25) is 0 Å². The van der Waals surface area contributed by atoms with Gasteiger partial charge < -0.3 is 0 Å². The van der Waals surface area contributed by atoms with Gasteiger partial charge in [-0.25, -0.2) is 4.98 Å². The van der Waals surface area contributed by atoms with Crippen molar-refractivity contribution in [1.29, 1.82) is 0 Å². The number of aryl methyl sites for hydroxylation is 1. The Morgan fingerprint density at radius 2 is 1.91 bits per heavy atom. The van der Waals surface area contributed by atoms with Gasteiger partial charge in [-0.15, -0.1) is 0 Å². The van der Waals surface area contributed by atoms with Crippen LogP contribution < -0.4 is 5.56 Å². The minimum Gasteiger partial charge on any atom is -0.293 e. The lowest BCUT2D eigenvalue weighted by Crippen LogP contribution is -2.29. The Labute approximate surface area is 200 Å². The Morgan fingerprint density at radius 3 is 2.66 bits per heavy atom. The largest absolute Gasteiger partial charge is 0.293 e. The number of unbranched alkanes of at least 4 members (excludes halogenated alkanes) is 2. The summed E-state index contributed by atoms with van der Waals surface area (Å²) >= 11 is 8.12. The SMILES string of the molecule is CCCCCN1C(=O)C(=Cc2c(Sc3ccccc3)nc3c(C)cccn3c2=O)SC1=S. The molecule has 0 atom stereocenters. The first-order valence-electron chi connectivity index (χ1n) is 10.5. The molecule has 5 nitrogen and oxygen atoms in total. The summed E-state index contributed by atoms with van der Waals surface area (Å²) in [6.45, 7) is 4.66. The highest BCUT2D eigenvalue weighted by Gasteiger charge is 2.32. The zero-order valence-electron chi connectivity index (χ0n) is 17.9. The zero-order valence-corrected chi connectivity index (χ0v) is 20.4. The van der Waals surface area contributed by atoms with Gasteiger partial charge in [0, 0.05) is 17.6 Å². The summed E-state index contributed by atoms with van der Waals surface area (Å²) in [6.07, 6.45) is 6.40. The molecule has 0 unspecified atom stereocenters. The number of amides is 1. The van der Waals surface area contributed by atoms with Crippen molar-refractivity contribution in [3.63, 3.8) is 0 Å². The van der Waals surface area contributed by atoms with Crippen LogP contribution in [0.1, 0.15) is 37.3 Å². The van der Waals surface area contributed by atoms with E-state index in [9.17, 15) is 9.59 Å². The summed E-state index contributed by atoms with van der Waals surface area (Å²) in [5.74, 6) is -0.138. The van der Waals surface area contributed by atoms with Crippen molar-refractivity contribution in [2.24, 2.45) is 0 Å². The molecule has 1 saturated heterocycles. The molecular formula is C24H23N3O2S3. The van der Waals surface area contributed by atoms with Crippen LogP contribution in [0.2, 0.25) is 0 Å². The maximum Gasteiger partial charge on any atom is 0.266 e. The summed E-state index contributed by atoms with van der Waals surface area (Å²) in [5.41, 5.74) is 1.72. The number of rotatable bonds is 7. The number of fused-ring (bicyclic) bond motifs is 1. The number of carbonyl (C=O) groups is 1. The molecule has 32 heavy (non-hydrogen) atoms. The second-order valence-corrected chi connectivity index (χ2v) is 10.2. The van der Waals surface area contributed by atoms with Crippen LogP contribution in [0.5, 0.6) is 0 Å². The molecule has 1 amide bonds. The lowest BCUT2D eigenvalue weighted by atomic mass is 10.2. The van der Waals surface area contributed by atoms with Crippen LogP contribution >= 0.6 is 35.7 Å². The Bertz CT molecular complexity index is 1270. The van der Waals surface area contributed by atoms with E-state index in [1.165, 1.54) is 27.9 Å². The number of carbonyl (C=O) groups excluding carboxylic acids is 1. The first kappa shape index (κ1) is 22.8. The Balaban J connectivity index is 1.80. The van der Waals surface area contributed by atoms with E-state index in [4.69, 9.17) is 17.2 Å². The minimum absolute atomic E-state index is 0.138. The number of thioether (sulfide) groups is 1. The Hall–Kier alpha value is -2.42. The first-order valence-corrected chi connectivity index (χ1v) is 12.5. The maximum absolute atomic E-state index is 13.5. The summed E-state index contributed by atoms with van der Waals surface area (Å²) in [5, 5.41) is 0.576. The maximum atomic E-state index is 13.5. The highest BCUT2D eigenvalue weighted by atomic mass is 32.2. The predicted molar refractivity (Wildman–Crippen MR) is 136 cm³/mol. The molecule has 1 aliphatic heterocycles. The van der Waals surface area contributed by atoms with Crippen molar-refractivity contribution >= 4 is 57.7 Å². The lowest BCUT2D eigenvalue weighted by Gasteiger charge is -2.13. The summed E-state index contributed by atoms with van der Waals surface area (Å²) in [6, 6.07) is 13.5. The van der Waals surface area contributed by atoms with Gasteiger partial charge >= 0.3 is 0 Å². The second kappa shape index (κ2) is 10.0. The number of aromatic nitrogens is 2. The quantitative estimate of drug-likeness (QED) is 0.191. The van der Waals surface area contributed by atoms with Crippen molar-refractivity contribution in [2.75, 3.05) is 6.54 Å². The molecule has 164 valence electrons. The molecule has 0 spiro atoms. The summed E-state index contributed by atoms with van der Waals surface area (Å²) < 4.78 is 2.08. The van der Waals surface area contributed by atoms with E-state index in [0.717, 1.165) is 29.7 Å². The van der Waals surface area contributed by atoms with E-state index in [1.54, 1.807) is 17.2 Å². The van der Waals surface area contributed by atoms with Gasteiger partial charge in [-0.05, 0) is 43.2 Å². The fourth-order valence-electron chi connectivity index (χ4n) is 3.44. The molecule has 1 aromatic carbocycles. The number of nitrogens with zero attached hydrogens (tertiary/aromatic N) is 3. The average Bonchev–Trinajstić information content (AvgIpc) is 3.05. The van der Waals surface area contributed by atoms with E-state index in [2.05, 4.69) is 6.92 Å². The van der Waals surface area contributed by atoms with Crippen molar-refractivity contribution < 1.29 is 4.79 Å². The zero-order chi connectivity index (χ0) is 22.7. The van der Waals surface area contributed by atoms with Gasteiger partial charge in [0.25, 0.3) is 11.5 Å². The van der Waals surface area contributed by atoms with Crippen molar-refractivity contribution in [2.45, 2.75) is 43.0 Å². The minimum atomic E-state index is -0.201. The standard InChI is InChI=1S/C24H23N3O2S3/c1-3-4-8-13-27-23(29)19(32-24(27)30)15-18-21(31-17-11-6-5-7-12-17)25-20-16(2)10-9-14-26(20)22(18)28/h5-7,9-12,14-15H,3-4,8,13H2,1-2H3. The Morgan fingerprint density at radius 1 is 1.12 bits per heavy atom. The van der Waals surface area contributed by atoms with Gasteiger partial charge in [0.1, 0.15) is 15.0 Å². The number of pyridine rings is 1. The summed E-state index contributed by atoms with van der Waals surface area (Å²) in [4.78, 5) is 34.4. The topological polar surface area (TPSA) is 54.7 Å². The van der Waals surface area contributed by atoms with Crippen LogP contribution in [0.3, 0.4) is 0 Å². The van der Waals surface area contributed by atoms with Crippen LogP contribution in [0.15, 0.2) is 68.3 Å². The third-order valence-corrected chi connectivity index (χ3v) is 7.53. The molecule has 0 N–H and O–H groups in total. The van der Waals surface area contributed by atoms with E-state index in [-0.39, 0.29) is 11.5 Å². The van der Waals surface area contributed by atoms with Crippen molar-refractivity contribution in [3.05, 3.63) is 75.0 Å². The molecule has 3 heterocycles. The second-order valence-electron chi connectivity index (χ2n) is 7.48. The van der Waals surface area contributed by atoms with Crippen molar-refractivity contribution in [3.8, 4) is 0 Å². The molecule has 4 rings (SSSR count). The van der Waals surface area contributed by atoms with Gasteiger partial charge in [-0.2, -0.15) is 0 Å². The smallest absolute Gasteiger partial charge is 0.266 e. The molecule has 1 aliphatic rings. The van der Waals surface area contributed by atoms with Crippen molar-refractivity contribution in [1.82, 2.24) is 14.3 Å². The van der Waals surface area contributed by atoms with Gasteiger partial charge in [-0.1, -0.05) is 79.8 Å². The molecule has 1 fully saturated rings. The molecule has 3 aromatic rings. The van der Waals surface area contributed by atoms with Crippen LogP contribution in [-0.4, -0.2) is 31.1 Å². The molecule has 0 aliphatic carbocycles. The fraction of sp³-hybridized carbons (Fsp3) is 0.250. The van der Waals surface area contributed by atoms with Crippen LogP contribution in [0, 0.1) is 6.92 Å². The molecule has 0 radical (unpaired) electrons. The Kier molecular flexibility index (Phi) is 7.13. The normalized spacial score (nSPS) is 15.3. The fourth-order valence-corrected chi connectivity index (χ4v) is 5.63. The van der Waals surface area contributed by atoms with Gasteiger partial charge in [-0.3, -0.25) is 18.9 Å². The lowest BCUT2D eigenvalue weighted by molar-refractivity contribution is -0.122. The van der Waals surface area contributed by atoms with E-state index in [1.807, 2.05) is 49.4 Å². The van der Waals surface area contributed by atoms with Crippen LogP contribution in [0.25, 0.3) is 11.7 Å². The molecule has 0 bridgehead atoms. The van der Waals surface area contributed by atoms with Gasteiger partial charge in [0.15, 0.2) is 0 Å². The highest BCUT2D eigenvalue weighted by Crippen LogP contribution is 2.35. The number of hydrogen-bond donors (Lipinski definition) is 0. The van der Waals surface area contributed by atoms with E-state index >= 15 is 0 Å². The molecule has 0 saturated carbocycles. The molecule has 8 heteroatoms. The molecular weight excluding hydrogens is 458 g/mol. The third-order valence-electron chi connectivity index (χ3n) is 5.14. The first-order chi connectivity index (χ1) is 15.5. The highest BCUT2D eigenvalue weighted by molar-refractivity contribution is 8.26. The predicted octanol–water partition coefficient (Wildman–Crippen LogP) is 5.55.